The van der Waals surface area contributed by atoms with Crippen LogP contribution in [0, 0.1) is 6.92 Å². The monoisotopic (exact) mass is 325 g/mol. The lowest BCUT2D eigenvalue weighted by atomic mass is 9.64. The van der Waals surface area contributed by atoms with Crippen LogP contribution < -0.4 is 4.74 Å². The Hall–Kier alpha value is -2.70. The maximum Gasteiger partial charge on any atom is 0.237 e. The van der Waals surface area contributed by atoms with Crippen LogP contribution in [0.5, 0.6) is 5.75 Å². The van der Waals surface area contributed by atoms with Crippen molar-refractivity contribution < 1.29 is 9.26 Å². The van der Waals surface area contributed by atoms with Crippen LogP contribution in [0.1, 0.15) is 36.3 Å². The molecule has 2 heterocycles. The fourth-order valence-electron chi connectivity index (χ4n) is 3.25. The van der Waals surface area contributed by atoms with Crippen LogP contribution in [0.15, 0.2) is 28.9 Å². The summed E-state index contributed by atoms with van der Waals surface area (Å²) < 4.78 is 12.7. The van der Waals surface area contributed by atoms with Crippen molar-refractivity contribution in [2.24, 2.45) is 7.05 Å². The van der Waals surface area contributed by atoms with Gasteiger partial charge in [-0.25, -0.2) is 0 Å². The predicted molar refractivity (Wildman–Crippen MR) is 86.7 cm³/mol. The second-order valence-corrected chi connectivity index (χ2v) is 6.32. The van der Waals surface area contributed by atoms with Gasteiger partial charge in [0.15, 0.2) is 5.69 Å². The third kappa shape index (κ3) is 2.19. The van der Waals surface area contributed by atoms with Crippen LogP contribution in [0.2, 0.25) is 0 Å². The van der Waals surface area contributed by atoms with E-state index in [9.17, 15) is 0 Å². The first kappa shape index (κ1) is 14.9. The average Bonchev–Trinajstić information content (AvgIpc) is 3.17. The van der Waals surface area contributed by atoms with Gasteiger partial charge in [0.25, 0.3) is 0 Å². The normalized spacial score (nSPS) is 16.0. The topological polar surface area (TPSA) is 78.9 Å². The molecular formula is C17H19N5O2. The Morgan fingerprint density at radius 2 is 2.12 bits per heavy atom. The van der Waals surface area contributed by atoms with E-state index in [4.69, 9.17) is 9.26 Å². The van der Waals surface area contributed by atoms with Gasteiger partial charge in [0.05, 0.1) is 18.7 Å². The quantitative estimate of drug-likeness (QED) is 0.734. The molecule has 2 aromatic heterocycles. The summed E-state index contributed by atoms with van der Waals surface area (Å²) in [4.78, 5) is 4.61. The minimum absolute atomic E-state index is 0.228. The molecule has 0 bridgehead atoms. The number of ether oxygens (including phenoxy) is 1. The van der Waals surface area contributed by atoms with Crippen molar-refractivity contribution in [1.29, 1.82) is 0 Å². The lowest BCUT2D eigenvalue weighted by Crippen LogP contribution is -2.35. The van der Waals surface area contributed by atoms with E-state index in [1.807, 2.05) is 14.0 Å². The second kappa shape index (κ2) is 5.43. The molecular weight excluding hydrogens is 306 g/mol. The van der Waals surface area contributed by atoms with E-state index in [1.165, 1.54) is 0 Å². The van der Waals surface area contributed by atoms with E-state index in [-0.39, 0.29) is 5.41 Å². The predicted octanol–water partition coefficient (Wildman–Crippen LogP) is 2.65. The Bertz CT molecular complexity index is 879. The third-order valence-corrected chi connectivity index (χ3v) is 4.83. The highest BCUT2D eigenvalue weighted by Gasteiger charge is 2.45. The van der Waals surface area contributed by atoms with Gasteiger partial charge in [-0.1, -0.05) is 28.9 Å². The highest BCUT2D eigenvalue weighted by atomic mass is 16.5. The van der Waals surface area contributed by atoms with Crippen molar-refractivity contribution in [2.75, 3.05) is 7.11 Å². The number of aromatic nitrogens is 5. The fourth-order valence-corrected chi connectivity index (χ4v) is 3.25. The number of nitrogens with zero attached hydrogens (tertiary/aromatic N) is 5. The molecule has 7 heteroatoms. The SMILES string of the molecule is COc1cc(C2(c3nc(-c4cn(C)nn4)no3)CCC2)ccc1C. The number of hydrogen-bond acceptors (Lipinski definition) is 6. The van der Waals surface area contributed by atoms with Gasteiger partial charge in [-0.3, -0.25) is 4.68 Å². The van der Waals surface area contributed by atoms with Crippen LogP contribution in [0.3, 0.4) is 0 Å². The Morgan fingerprint density at radius 3 is 2.75 bits per heavy atom. The molecule has 0 spiro atoms. The summed E-state index contributed by atoms with van der Waals surface area (Å²) >= 11 is 0. The first-order valence-corrected chi connectivity index (χ1v) is 7.98. The summed E-state index contributed by atoms with van der Waals surface area (Å²) in [6.07, 6.45) is 4.89. The van der Waals surface area contributed by atoms with Crippen LogP contribution in [-0.2, 0) is 12.5 Å². The van der Waals surface area contributed by atoms with E-state index < -0.39 is 0 Å². The molecule has 0 N–H and O–H groups in total. The van der Waals surface area contributed by atoms with Gasteiger partial charge in [0.2, 0.25) is 11.7 Å². The molecule has 1 aliphatic rings. The highest BCUT2D eigenvalue weighted by Crippen LogP contribution is 2.49. The summed E-state index contributed by atoms with van der Waals surface area (Å²) in [5.74, 6) is 2.00. The Labute approximate surface area is 139 Å². The van der Waals surface area contributed by atoms with Crippen LogP contribution in [-0.4, -0.2) is 32.2 Å². The molecule has 1 saturated carbocycles. The van der Waals surface area contributed by atoms with Gasteiger partial charge < -0.3 is 9.26 Å². The first-order valence-electron chi connectivity index (χ1n) is 7.98. The zero-order valence-corrected chi connectivity index (χ0v) is 14.0. The van der Waals surface area contributed by atoms with Crippen molar-refractivity contribution in [3.8, 4) is 17.3 Å². The standard InChI is InChI=1S/C17H19N5O2/c1-11-5-6-12(9-14(11)23-3)17(7-4-8-17)16-18-15(20-24-16)13-10-22(2)21-19-13/h5-6,9-10H,4,7-8H2,1-3H3. The van der Waals surface area contributed by atoms with E-state index in [0.717, 1.165) is 36.1 Å². The average molecular weight is 325 g/mol. The molecule has 4 rings (SSSR count). The zero-order valence-electron chi connectivity index (χ0n) is 14.0. The van der Waals surface area contributed by atoms with Crippen molar-refractivity contribution >= 4 is 0 Å². The molecule has 0 saturated heterocycles. The van der Waals surface area contributed by atoms with Crippen LogP contribution in [0.4, 0.5) is 0 Å². The molecule has 24 heavy (non-hydrogen) atoms. The zero-order chi connectivity index (χ0) is 16.7. The molecule has 1 aromatic carbocycles. The summed E-state index contributed by atoms with van der Waals surface area (Å²) in [5.41, 5.74) is 2.66. The van der Waals surface area contributed by atoms with E-state index in [0.29, 0.717) is 17.4 Å². The Morgan fingerprint density at radius 1 is 1.29 bits per heavy atom. The minimum Gasteiger partial charge on any atom is -0.496 e. The van der Waals surface area contributed by atoms with Crippen molar-refractivity contribution in [3.63, 3.8) is 0 Å². The smallest absolute Gasteiger partial charge is 0.237 e. The molecule has 0 atom stereocenters. The van der Waals surface area contributed by atoms with Gasteiger partial charge in [0.1, 0.15) is 5.75 Å². The van der Waals surface area contributed by atoms with Gasteiger partial charge in [-0.2, -0.15) is 4.98 Å². The largest absolute Gasteiger partial charge is 0.496 e. The molecule has 0 unspecified atom stereocenters. The maximum atomic E-state index is 5.61. The highest BCUT2D eigenvalue weighted by molar-refractivity contribution is 5.48. The molecule has 1 fully saturated rings. The number of benzene rings is 1. The maximum absolute atomic E-state index is 5.61. The van der Waals surface area contributed by atoms with Gasteiger partial charge in [-0.15, -0.1) is 5.10 Å². The van der Waals surface area contributed by atoms with Crippen LogP contribution in [0.25, 0.3) is 11.5 Å². The third-order valence-electron chi connectivity index (χ3n) is 4.83. The number of methoxy groups -OCH3 is 1. The van der Waals surface area contributed by atoms with Gasteiger partial charge in [0, 0.05) is 7.05 Å². The number of hydrogen-bond donors (Lipinski definition) is 0. The van der Waals surface area contributed by atoms with Gasteiger partial charge in [-0.05, 0) is 37.0 Å². The van der Waals surface area contributed by atoms with Crippen molar-refractivity contribution in [3.05, 3.63) is 41.4 Å². The molecule has 0 radical (unpaired) electrons. The number of rotatable bonds is 4. The molecule has 7 nitrogen and oxygen atoms in total. The summed E-state index contributed by atoms with van der Waals surface area (Å²) in [5, 5.41) is 12.1. The summed E-state index contributed by atoms with van der Waals surface area (Å²) in [6.45, 7) is 2.04. The van der Waals surface area contributed by atoms with Crippen molar-refractivity contribution in [1.82, 2.24) is 25.1 Å². The summed E-state index contributed by atoms with van der Waals surface area (Å²) in [7, 11) is 3.50. The molecule has 0 amide bonds. The number of aryl methyl sites for hydroxylation is 2. The lowest BCUT2D eigenvalue weighted by Gasteiger charge is -2.39. The van der Waals surface area contributed by atoms with E-state index in [2.05, 4.69) is 38.7 Å². The van der Waals surface area contributed by atoms with Crippen molar-refractivity contribution in [2.45, 2.75) is 31.6 Å². The first-order chi connectivity index (χ1) is 11.6. The van der Waals surface area contributed by atoms with E-state index >= 15 is 0 Å². The second-order valence-electron chi connectivity index (χ2n) is 6.32. The summed E-state index contributed by atoms with van der Waals surface area (Å²) in [6, 6.07) is 6.29. The van der Waals surface area contributed by atoms with E-state index in [1.54, 1.807) is 18.0 Å². The fraction of sp³-hybridized carbons (Fsp3) is 0.412. The van der Waals surface area contributed by atoms with Gasteiger partial charge >= 0.3 is 0 Å². The Kier molecular flexibility index (Phi) is 3.37. The molecule has 0 aliphatic heterocycles. The van der Waals surface area contributed by atoms with Crippen LogP contribution >= 0.6 is 0 Å². The Balaban J connectivity index is 1.74. The lowest BCUT2D eigenvalue weighted by molar-refractivity contribution is 0.216. The molecule has 1 aliphatic carbocycles. The molecule has 124 valence electrons. The minimum atomic E-state index is -0.228. The molecule has 3 aromatic rings.